The zero-order valence-corrected chi connectivity index (χ0v) is 22.8. The second kappa shape index (κ2) is 8.68. The predicted octanol–water partition coefficient (Wildman–Crippen LogP) is 4.84. The quantitative estimate of drug-likeness (QED) is 0.595. The molecule has 0 bridgehead atoms. The van der Waals surface area contributed by atoms with Gasteiger partial charge in [-0.15, -0.1) is 5.92 Å². The summed E-state index contributed by atoms with van der Waals surface area (Å²) in [6, 6.07) is 7.31. The van der Waals surface area contributed by atoms with Crippen LogP contribution in [0.25, 0.3) is 0 Å². The molecule has 0 amide bonds. The summed E-state index contributed by atoms with van der Waals surface area (Å²) in [5.41, 5.74) is 3.58. The molecule has 0 aliphatic heterocycles. The molecule has 4 aliphatic rings. The average molecular weight is 508 g/mol. The molecule has 0 spiro atoms. The fourth-order valence-electron chi connectivity index (χ4n) is 7.84. The van der Waals surface area contributed by atoms with Crippen LogP contribution in [0.1, 0.15) is 70.8 Å². The van der Waals surface area contributed by atoms with E-state index in [-0.39, 0.29) is 27.9 Å². The highest BCUT2D eigenvalue weighted by molar-refractivity contribution is 7.89. The maximum atomic E-state index is 12.7. The van der Waals surface area contributed by atoms with Gasteiger partial charge < -0.3 is 5.11 Å². The highest BCUT2D eigenvalue weighted by Gasteiger charge is 2.65. The Morgan fingerprint density at radius 1 is 1.11 bits per heavy atom. The van der Waals surface area contributed by atoms with Gasteiger partial charge in [-0.05, 0) is 91.7 Å². The van der Waals surface area contributed by atoms with Crippen LogP contribution in [0.4, 0.5) is 0 Å². The first-order valence-electron chi connectivity index (χ1n) is 13.1. The number of carbonyl (C=O) groups is 1. The Balaban J connectivity index is 1.68. The summed E-state index contributed by atoms with van der Waals surface area (Å²) in [5.74, 6) is 7.24. The van der Waals surface area contributed by atoms with E-state index in [4.69, 9.17) is 0 Å². The van der Waals surface area contributed by atoms with Crippen LogP contribution in [0.3, 0.4) is 0 Å². The molecule has 5 rings (SSSR count). The second-order valence-electron chi connectivity index (χ2n) is 11.6. The SMILES string of the molecule is CC#C[C@]1(O)[C@H](C)C[C@H]2[C@@H]3CCC4=CC(=O)CCC4=C3[C@@H](c3ccc(S(=O)(=O)N(C)C)cc3)C[C@@]21C. The van der Waals surface area contributed by atoms with Gasteiger partial charge in [0.2, 0.25) is 10.0 Å². The van der Waals surface area contributed by atoms with E-state index >= 15 is 0 Å². The maximum Gasteiger partial charge on any atom is 0.242 e. The predicted molar refractivity (Wildman–Crippen MR) is 141 cm³/mol. The van der Waals surface area contributed by atoms with Gasteiger partial charge in [0, 0.05) is 31.8 Å². The summed E-state index contributed by atoms with van der Waals surface area (Å²) in [5, 5.41) is 12.0. The van der Waals surface area contributed by atoms with Gasteiger partial charge in [-0.2, -0.15) is 0 Å². The molecule has 5 nitrogen and oxygen atoms in total. The van der Waals surface area contributed by atoms with Gasteiger partial charge in [0.1, 0.15) is 5.60 Å². The van der Waals surface area contributed by atoms with Gasteiger partial charge in [0.25, 0.3) is 0 Å². The van der Waals surface area contributed by atoms with Crippen LogP contribution < -0.4 is 0 Å². The Morgan fingerprint density at radius 2 is 1.81 bits per heavy atom. The molecular formula is C30H37NO4S. The minimum atomic E-state index is -3.52. The van der Waals surface area contributed by atoms with Crippen LogP contribution in [0, 0.1) is 35.0 Å². The number of nitrogens with zero attached hydrogens (tertiary/aromatic N) is 1. The molecule has 0 saturated heterocycles. The van der Waals surface area contributed by atoms with Crippen LogP contribution in [0.15, 0.2) is 52.0 Å². The molecule has 2 fully saturated rings. The summed E-state index contributed by atoms with van der Waals surface area (Å²) in [7, 11) is -0.433. The molecule has 6 heteroatoms. The third-order valence-corrected chi connectivity index (χ3v) is 11.5. The zero-order chi connectivity index (χ0) is 26.0. The number of aliphatic hydroxyl groups is 1. The Labute approximate surface area is 215 Å². The number of hydrogen-bond donors (Lipinski definition) is 1. The van der Waals surface area contributed by atoms with Gasteiger partial charge in [-0.25, -0.2) is 12.7 Å². The third-order valence-electron chi connectivity index (χ3n) is 9.69. The average Bonchev–Trinajstić information content (AvgIpc) is 3.04. The standard InChI is InChI=1S/C30H37NO4S/c1-6-15-30(33)19(2)16-27-25-13-9-21-17-22(32)10-14-24(21)28(25)26(18-29(27,30)3)20-7-11-23(12-8-20)36(34,35)31(4)5/h7-8,11-12,17,19,25-27,33H,9-10,13-14,16,18H2,1-5H3/t19-,25+,26-,27+,29+,30+/m1/s1. The number of carbonyl (C=O) groups excluding carboxylic acids is 1. The van der Waals surface area contributed by atoms with E-state index in [1.54, 1.807) is 33.2 Å². The number of hydrogen-bond acceptors (Lipinski definition) is 4. The van der Waals surface area contributed by atoms with E-state index in [2.05, 4.69) is 25.7 Å². The van der Waals surface area contributed by atoms with Gasteiger partial charge in [0.05, 0.1) is 4.90 Å². The number of allylic oxidation sites excluding steroid dienone is 4. The van der Waals surface area contributed by atoms with E-state index in [9.17, 15) is 18.3 Å². The fourth-order valence-corrected chi connectivity index (χ4v) is 8.74. The Morgan fingerprint density at radius 3 is 2.44 bits per heavy atom. The van der Waals surface area contributed by atoms with Crippen molar-refractivity contribution in [3.8, 4) is 11.8 Å². The van der Waals surface area contributed by atoms with Crippen LogP contribution in [-0.2, 0) is 14.8 Å². The van der Waals surface area contributed by atoms with E-state index in [0.717, 1.165) is 37.7 Å². The summed E-state index contributed by atoms with van der Waals surface area (Å²) in [4.78, 5) is 12.5. The third kappa shape index (κ3) is 3.58. The molecule has 1 aromatic rings. The number of fused-ring (bicyclic) bond motifs is 4. The normalized spacial score (nSPS) is 36.0. The first-order chi connectivity index (χ1) is 16.9. The largest absolute Gasteiger partial charge is 0.377 e. The minimum absolute atomic E-state index is 0.0507. The fraction of sp³-hybridized carbons (Fsp3) is 0.567. The van der Waals surface area contributed by atoms with E-state index in [1.807, 2.05) is 18.2 Å². The summed E-state index contributed by atoms with van der Waals surface area (Å²) in [6.07, 6.45) is 6.75. The van der Waals surface area contributed by atoms with E-state index in [1.165, 1.54) is 21.0 Å². The van der Waals surface area contributed by atoms with Gasteiger partial charge in [-0.1, -0.05) is 37.5 Å². The smallest absolute Gasteiger partial charge is 0.242 e. The lowest BCUT2D eigenvalue weighted by Crippen LogP contribution is -2.52. The second-order valence-corrected chi connectivity index (χ2v) is 13.8. The molecule has 1 aromatic carbocycles. The zero-order valence-electron chi connectivity index (χ0n) is 22.0. The molecule has 0 radical (unpaired) electrons. The van der Waals surface area contributed by atoms with Gasteiger partial charge >= 0.3 is 0 Å². The molecule has 6 atom stereocenters. The molecule has 4 aliphatic carbocycles. The lowest BCUT2D eigenvalue weighted by molar-refractivity contribution is -0.114. The van der Waals surface area contributed by atoms with E-state index < -0.39 is 15.6 Å². The monoisotopic (exact) mass is 507 g/mol. The van der Waals surface area contributed by atoms with Crippen LogP contribution >= 0.6 is 0 Å². The minimum Gasteiger partial charge on any atom is -0.377 e. The first kappa shape index (κ1) is 25.4. The lowest BCUT2D eigenvalue weighted by Gasteiger charge is -2.54. The van der Waals surface area contributed by atoms with Crippen LogP contribution in [-0.4, -0.2) is 43.3 Å². The molecule has 0 aromatic heterocycles. The summed E-state index contributed by atoms with van der Waals surface area (Å²) >= 11 is 0. The van der Waals surface area contributed by atoms with Crippen LogP contribution in [0.5, 0.6) is 0 Å². The van der Waals surface area contributed by atoms with Crippen molar-refractivity contribution in [2.45, 2.75) is 75.7 Å². The first-order valence-corrected chi connectivity index (χ1v) is 14.5. The highest BCUT2D eigenvalue weighted by atomic mass is 32.2. The maximum absolute atomic E-state index is 12.7. The van der Waals surface area contributed by atoms with E-state index in [0.29, 0.717) is 18.3 Å². The Bertz CT molecular complexity index is 1330. The summed E-state index contributed by atoms with van der Waals surface area (Å²) in [6.45, 7) is 6.15. The molecule has 2 saturated carbocycles. The number of rotatable bonds is 3. The number of sulfonamides is 1. The van der Waals surface area contributed by atoms with Gasteiger partial charge in [-0.3, -0.25) is 4.79 Å². The highest BCUT2D eigenvalue weighted by Crippen LogP contribution is 2.67. The topological polar surface area (TPSA) is 74.7 Å². The van der Waals surface area contributed by atoms with Crippen molar-refractivity contribution in [2.75, 3.05) is 14.1 Å². The number of ketones is 1. The molecule has 1 N–H and O–H groups in total. The van der Waals surface area contributed by atoms with Crippen molar-refractivity contribution >= 4 is 15.8 Å². The molecule has 0 unspecified atom stereocenters. The van der Waals surface area contributed by atoms with Crippen molar-refractivity contribution < 1.29 is 18.3 Å². The van der Waals surface area contributed by atoms with Gasteiger partial charge in [0.15, 0.2) is 5.78 Å². The van der Waals surface area contributed by atoms with Crippen molar-refractivity contribution in [3.63, 3.8) is 0 Å². The lowest BCUT2D eigenvalue weighted by atomic mass is 9.51. The van der Waals surface area contributed by atoms with Crippen molar-refractivity contribution in [3.05, 3.63) is 52.6 Å². The summed E-state index contributed by atoms with van der Waals surface area (Å²) < 4.78 is 26.6. The van der Waals surface area contributed by atoms with Crippen molar-refractivity contribution in [2.24, 2.45) is 23.2 Å². The van der Waals surface area contributed by atoms with Crippen molar-refractivity contribution in [1.82, 2.24) is 4.31 Å². The number of benzene rings is 1. The Hall–Kier alpha value is -2.20. The Kier molecular flexibility index (Phi) is 6.14. The molecule has 192 valence electrons. The molecule has 0 heterocycles. The molecule has 36 heavy (non-hydrogen) atoms. The molecular weight excluding hydrogens is 470 g/mol. The van der Waals surface area contributed by atoms with Crippen LogP contribution in [0.2, 0.25) is 0 Å². The van der Waals surface area contributed by atoms with Crippen molar-refractivity contribution in [1.29, 1.82) is 0 Å².